The first kappa shape index (κ1) is 10.3. The molecule has 0 radical (unpaired) electrons. The molecule has 0 spiro atoms. The molecule has 1 aromatic carbocycles. The molecule has 1 heterocycles. The molecule has 0 saturated heterocycles. The Morgan fingerprint density at radius 1 is 1.33 bits per heavy atom. The summed E-state index contributed by atoms with van der Waals surface area (Å²) in [6, 6.07) is 3.79. The van der Waals surface area contributed by atoms with Gasteiger partial charge in [0, 0.05) is 6.04 Å². The van der Waals surface area contributed by atoms with Crippen molar-refractivity contribution < 1.29 is 17.9 Å². The van der Waals surface area contributed by atoms with Gasteiger partial charge < -0.3 is 10.5 Å². The van der Waals surface area contributed by atoms with Gasteiger partial charge in [0.1, 0.15) is 12.4 Å². The predicted molar refractivity (Wildman–Crippen MR) is 48.6 cm³/mol. The highest BCUT2D eigenvalue weighted by Crippen LogP contribution is 2.39. The summed E-state index contributed by atoms with van der Waals surface area (Å²) in [5.74, 6) is -0.0632. The molecule has 0 unspecified atom stereocenters. The molecule has 15 heavy (non-hydrogen) atoms. The standard InChI is InChI=1S/C10H10F3NO/c11-10(12,13)8-3-1-2-6-4-7(14)5-15-9(6)8/h1-3,7H,4-5,14H2/t7-/m0/s1. The molecular weight excluding hydrogens is 207 g/mol. The van der Waals surface area contributed by atoms with Gasteiger partial charge in [0.25, 0.3) is 0 Å². The Labute approximate surface area is 84.8 Å². The second kappa shape index (κ2) is 3.41. The molecule has 2 nitrogen and oxygen atoms in total. The number of nitrogens with two attached hydrogens (primary N) is 1. The third kappa shape index (κ3) is 1.92. The number of fused-ring (bicyclic) bond motifs is 1. The van der Waals surface area contributed by atoms with Gasteiger partial charge in [0.15, 0.2) is 0 Å². The topological polar surface area (TPSA) is 35.2 Å². The highest BCUT2D eigenvalue weighted by Gasteiger charge is 2.36. The number of halogens is 3. The van der Waals surface area contributed by atoms with Crippen LogP contribution in [0.5, 0.6) is 5.75 Å². The van der Waals surface area contributed by atoms with E-state index in [2.05, 4.69) is 0 Å². The molecule has 2 rings (SSSR count). The number of para-hydroxylation sites is 1. The Kier molecular flexibility index (Phi) is 2.34. The third-order valence-electron chi connectivity index (χ3n) is 2.33. The minimum Gasteiger partial charge on any atom is -0.491 e. The zero-order chi connectivity index (χ0) is 11.1. The van der Waals surface area contributed by atoms with E-state index >= 15 is 0 Å². The maximum Gasteiger partial charge on any atom is 0.419 e. The van der Waals surface area contributed by atoms with E-state index in [-0.39, 0.29) is 18.4 Å². The van der Waals surface area contributed by atoms with Crippen LogP contribution >= 0.6 is 0 Å². The van der Waals surface area contributed by atoms with Crippen molar-refractivity contribution in [3.05, 3.63) is 29.3 Å². The van der Waals surface area contributed by atoms with Gasteiger partial charge in [-0.15, -0.1) is 0 Å². The van der Waals surface area contributed by atoms with Crippen LogP contribution in [0.3, 0.4) is 0 Å². The number of ether oxygens (including phenoxy) is 1. The van der Waals surface area contributed by atoms with E-state index < -0.39 is 11.7 Å². The van der Waals surface area contributed by atoms with Crippen LogP contribution in [0.15, 0.2) is 18.2 Å². The largest absolute Gasteiger partial charge is 0.491 e. The van der Waals surface area contributed by atoms with Gasteiger partial charge in [-0.25, -0.2) is 0 Å². The molecule has 0 aromatic heterocycles. The molecule has 1 aliphatic heterocycles. The lowest BCUT2D eigenvalue weighted by Gasteiger charge is -2.25. The van der Waals surface area contributed by atoms with Gasteiger partial charge in [-0.05, 0) is 18.1 Å². The third-order valence-corrected chi connectivity index (χ3v) is 2.33. The molecule has 1 aromatic rings. The van der Waals surface area contributed by atoms with E-state index in [1.807, 2.05) is 0 Å². The molecule has 0 aliphatic carbocycles. The summed E-state index contributed by atoms with van der Waals surface area (Å²) in [6.45, 7) is 0.139. The number of hydrogen-bond donors (Lipinski definition) is 1. The second-order valence-electron chi connectivity index (χ2n) is 3.57. The summed E-state index contributed by atoms with van der Waals surface area (Å²) < 4.78 is 42.7. The summed E-state index contributed by atoms with van der Waals surface area (Å²) in [7, 11) is 0. The van der Waals surface area contributed by atoms with Crippen LogP contribution in [0, 0.1) is 0 Å². The summed E-state index contributed by atoms with van der Waals surface area (Å²) in [6.07, 6.45) is -3.94. The van der Waals surface area contributed by atoms with Crippen molar-refractivity contribution in [1.29, 1.82) is 0 Å². The molecule has 82 valence electrons. The smallest absolute Gasteiger partial charge is 0.419 e. The number of hydrogen-bond acceptors (Lipinski definition) is 2. The lowest BCUT2D eigenvalue weighted by molar-refractivity contribution is -0.139. The van der Waals surface area contributed by atoms with E-state index in [0.717, 1.165) is 6.07 Å². The van der Waals surface area contributed by atoms with Gasteiger partial charge in [-0.3, -0.25) is 0 Å². The van der Waals surface area contributed by atoms with E-state index in [4.69, 9.17) is 10.5 Å². The average Bonchev–Trinajstić information content (AvgIpc) is 2.15. The quantitative estimate of drug-likeness (QED) is 0.721. The summed E-state index contributed by atoms with van der Waals surface area (Å²) in [5, 5.41) is 0. The minimum absolute atomic E-state index is 0.0632. The first-order valence-corrected chi connectivity index (χ1v) is 4.56. The fourth-order valence-electron chi connectivity index (χ4n) is 1.67. The highest BCUT2D eigenvalue weighted by atomic mass is 19.4. The summed E-state index contributed by atoms with van der Waals surface area (Å²) in [4.78, 5) is 0. The maximum absolute atomic E-state index is 12.6. The summed E-state index contributed by atoms with van der Waals surface area (Å²) >= 11 is 0. The van der Waals surface area contributed by atoms with Crippen LogP contribution in [0.4, 0.5) is 13.2 Å². The molecule has 0 saturated carbocycles. The Bertz CT molecular complexity index is 375. The lowest BCUT2D eigenvalue weighted by atomic mass is 10.00. The van der Waals surface area contributed by atoms with E-state index in [1.165, 1.54) is 6.07 Å². The average molecular weight is 217 g/mol. The molecule has 1 aliphatic rings. The zero-order valence-corrected chi connectivity index (χ0v) is 7.84. The van der Waals surface area contributed by atoms with Crippen molar-refractivity contribution in [3.8, 4) is 5.75 Å². The van der Waals surface area contributed by atoms with E-state index in [9.17, 15) is 13.2 Å². The van der Waals surface area contributed by atoms with E-state index in [1.54, 1.807) is 6.07 Å². The van der Waals surface area contributed by atoms with Crippen molar-refractivity contribution in [2.75, 3.05) is 6.61 Å². The van der Waals surface area contributed by atoms with Crippen LogP contribution in [-0.4, -0.2) is 12.6 Å². The van der Waals surface area contributed by atoms with Crippen LogP contribution in [0.25, 0.3) is 0 Å². The molecule has 1 atom stereocenters. The van der Waals surface area contributed by atoms with E-state index in [0.29, 0.717) is 12.0 Å². The monoisotopic (exact) mass is 217 g/mol. The van der Waals surface area contributed by atoms with Crippen molar-refractivity contribution in [2.24, 2.45) is 5.73 Å². The second-order valence-corrected chi connectivity index (χ2v) is 3.57. The van der Waals surface area contributed by atoms with Crippen molar-refractivity contribution in [2.45, 2.75) is 18.6 Å². The lowest BCUT2D eigenvalue weighted by Crippen LogP contribution is -2.34. The Hall–Kier alpha value is -1.23. The molecule has 0 fully saturated rings. The predicted octanol–water partition coefficient (Wildman–Crippen LogP) is 1.97. The molecule has 0 amide bonds. The minimum atomic E-state index is -4.37. The van der Waals surface area contributed by atoms with Gasteiger partial charge in [-0.1, -0.05) is 12.1 Å². The Balaban J connectivity index is 2.47. The van der Waals surface area contributed by atoms with Crippen LogP contribution in [0.1, 0.15) is 11.1 Å². The molecule has 0 bridgehead atoms. The number of alkyl halides is 3. The van der Waals surface area contributed by atoms with Gasteiger partial charge >= 0.3 is 6.18 Å². The molecule has 5 heteroatoms. The van der Waals surface area contributed by atoms with Gasteiger partial charge in [-0.2, -0.15) is 13.2 Å². The Morgan fingerprint density at radius 2 is 2.07 bits per heavy atom. The van der Waals surface area contributed by atoms with Crippen LogP contribution in [0.2, 0.25) is 0 Å². The normalized spacial score (nSPS) is 20.7. The first-order valence-electron chi connectivity index (χ1n) is 4.56. The van der Waals surface area contributed by atoms with Gasteiger partial charge in [0.05, 0.1) is 5.56 Å². The molecular formula is C10H10F3NO. The summed E-state index contributed by atoms with van der Waals surface area (Å²) in [5.41, 5.74) is 5.42. The zero-order valence-electron chi connectivity index (χ0n) is 7.84. The number of rotatable bonds is 0. The molecule has 2 N–H and O–H groups in total. The van der Waals surface area contributed by atoms with Crippen molar-refractivity contribution in [1.82, 2.24) is 0 Å². The fraction of sp³-hybridized carbons (Fsp3) is 0.400. The SMILES string of the molecule is N[C@@H]1COc2c(cccc2C(F)(F)F)C1. The van der Waals surface area contributed by atoms with Crippen LogP contribution < -0.4 is 10.5 Å². The first-order chi connectivity index (χ1) is 6.98. The number of benzene rings is 1. The van der Waals surface area contributed by atoms with Crippen LogP contribution in [-0.2, 0) is 12.6 Å². The van der Waals surface area contributed by atoms with Crippen molar-refractivity contribution >= 4 is 0 Å². The Morgan fingerprint density at radius 3 is 2.73 bits per heavy atom. The fourth-order valence-corrected chi connectivity index (χ4v) is 1.67. The van der Waals surface area contributed by atoms with Crippen molar-refractivity contribution in [3.63, 3.8) is 0 Å². The maximum atomic E-state index is 12.6. The highest BCUT2D eigenvalue weighted by molar-refractivity contribution is 5.44. The van der Waals surface area contributed by atoms with Gasteiger partial charge in [0.2, 0.25) is 0 Å².